The van der Waals surface area contributed by atoms with Crippen LogP contribution in [0, 0.1) is 19.7 Å². The average molecular weight is 275 g/mol. The van der Waals surface area contributed by atoms with Crippen molar-refractivity contribution in [3.8, 4) is 0 Å². The van der Waals surface area contributed by atoms with E-state index in [1.54, 1.807) is 42.9 Å². The molecule has 1 aromatic carbocycles. The van der Waals surface area contributed by atoms with Crippen LogP contribution in [0.1, 0.15) is 23.6 Å². The lowest BCUT2D eigenvalue weighted by molar-refractivity contribution is 0.608. The molecule has 0 spiro atoms. The number of hydrogen-bond acceptors (Lipinski definition) is 3. The maximum atomic E-state index is 13.6. The Labute approximate surface area is 117 Å². The first-order valence-electron chi connectivity index (χ1n) is 6.58. The molecule has 106 valence electrons. The molecule has 0 atom stereocenters. The van der Waals surface area contributed by atoms with Crippen LogP contribution < -0.4 is 10.9 Å². The first-order valence-corrected chi connectivity index (χ1v) is 6.58. The Balaban J connectivity index is 2.19. The fraction of sp³-hybridized carbons (Fsp3) is 0.333. The molecule has 0 fully saturated rings. The summed E-state index contributed by atoms with van der Waals surface area (Å²) >= 11 is 0. The number of nitrogens with one attached hydrogen (secondary N) is 1. The highest BCUT2D eigenvalue weighted by molar-refractivity contribution is 5.36. The molecule has 0 aliphatic heterocycles. The molecule has 5 heteroatoms. The van der Waals surface area contributed by atoms with E-state index in [1.807, 2.05) is 6.92 Å². The average Bonchev–Trinajstić information content (AvgIpc) is 2.43. The quantitative estimate of drug-likeness (QED) is 0.933. The number of halogens is 1. The van der Waals surface area contributed by atoms with Crippen molar-refractivity contribution >= 4 is 5.82 Å². The number of nitrogens with zero attached hydrogens (tertiary/aromatic N) is 2. The van der Waals surface area contributed by atoms with E-state index in [1.165, 1.54) is 0 Å². The van der Waals surface area contributed by atoms with E-state index in [-0.39, 0.29) is 11.4 Å². The van der Waals surface area contributed by atoms with Crippen LogP contribution >= 0.6 is 0 Å². The largest absolute Gasteiger partial charge is 0.361 e. The van der Waals surface area contributed by atoms with Gasteiger partial charge in [0.05, 0.1) is 0 Å². The molecule has 0 aliphatic rings. The van der Waals surface area contributed by atoms with Gasteiger partial charge in [0.2, 0.25) is 0 Å². The number of aromatic nitrogens is 2. The van der Waals surface area contributed by atoms with E-state index in [9.17, 15) is 9.18 Å². The van der Waals surface area contributed by atoms with Crippen molar-refractivity contribution in [3.63, 3.8) is 0 Å². The predicted molar refractivity (Wildman–Crippen MR) is 77.4 cm³/mol. The summed E-state index contributed by atoms with van der Waals surface area (Å²) in [5.74, 6) is 0.133. The van der Waals surface area contributed by atoms with E-state index >= 15 is 0 Å². The van der Waals surface area contributed by atoms with Gasteiger partial charge >= 0.3 is 0 Å². The minimum absolute atomic E-state index is 0.148. The Bertz CT molecular complexity index is 656. The molecule has 1 heterocycles. The molecule has 0 bridgehead atoms. The summed E-state index contributed by atoms with van der Waals surface area (Å²) in [7, 11) is 0. The third kappa shape index (κ3) is 2.87. The van der Waals surface area contributed by atoms with Crippen LogP contribution in [-0.2, 0) is 13.1 Å². The van der Waals surface area contributed by atoms with Crippen LogP contribution in [0.25, 0.3) is 0 Å². The zero-order valence-corrected chi connectivity index (χ0v) is 11.9. The number of benzene rings is 1. The molecule has 0 saturated carbocycles. The second-order valence-corrected chi connectivity index (χ2v) is 4.76. The molecule has 0 radical (unpaired) electrons. The highest BCUT2D eigenvalue weighted by Gasteiger charge is 2.06. The van der Waals surface area contributed by atoms with Gasteiger partial charge in [0.25, 0.3) is 5.56 Å². The summed E-state index contributed by atoms with van der Waals surface area (Å²) in [6, 6.07) is 3.55. The van der Waals surface area contributed by atoms with Gasteiger partial charge in [0, 0.05) is 25.5 Å². The summed E-state index contributed by atoms with van der Waals surface area (Å²) in [6.07, 6.45) is 3.24. The van der Waals surface area contributed by atoms with Crippen molar-refractivity contribution in [1.29, 1.82) is 0 Å². The normalized spacial score (nSPS) is 10.6. The minimum atomic E-state index is -0.181. The monoisotopic (exact) mass is 275 g/mol. The van der Waals surface area contributed by atoms with Gasteiger partial charge in [-0.15, -0.1) is 0 Å². The van der Waals surface area contributed by atoms with Crippen molar-refractivity contribution in [2.45, 2.75) is 33.9 Å². The van der Waals surface area contributed by atoms with Gasteiger partial charge in [-0.3, -0.25) is 4.79 Å². The fourth-order valence-corrected chi connectivity index (χ4v) is 2.14. The van der Waals surface area contributed by atoms with Gasteiger partial charge in [-0.05, 0) is 37.5 Å². The maximum absolute atomic E-state index is 13.6. The van der Waals surface area contributed by atoms with Gasteiger partial charge in [-0.2, -0.15) is 0 Å². The maximum Gasteiger partial charge on any atom is 0.293 e. The SMILES string of the molecule is CCn1ccnc(NCc2cc(C)c(F)c(C)c2)c1=O. The molecule has 0 amide bonds. The number of rotatable bonds is 4. The van der Waals surface area contributed by atoms with E-state index < -0.39 is 0 Å². The third-order valence-electron chi connectivity index (χ3n) is 3.21. The van der Waals surface area contributed by atoms with E-state index in [0.29, 0.717) is 30.0 Å². The zero-order chi connectivity index (χ0) is 14.7. The van der Waals surface area contributed by atoms with Crippen LogP contribution in [0.2, 0.25) is 0 Å². The Kier molecular flexibility index (Phi) is 4.17. The molecule has 1 aromatic heterocycles. The van der Waals surface area contributed by atoms with E-state index in [4.69, 9.17) is 0 Å². The van der Waals surface area contributed by atoms with Crippen molar-refractivity contribution < 1.29 is 4.39 Å². The van der Waals surface area contributed by atoms with Gasteiger partial charge < -0.3 is 9.88 Å². The summed E-state index contributed by atoms with van der Waals surface area (Å²) in [5, 5.41) is 3.01. The molecule has 0 aliphatic carbocycles. The Hall–Kier alpha value is -2.17. The van der Waals surface area contributed by atoms with Crippen LogP contribution in [0.5, 0.6) is 0 Å². The Morgan fingerprint density at radius 2 is 1.95 bits per heavy atom. The first kappa shape index (κ1) is 14.2. The molecule has 1 N–H and O–H groups in total. The highest BCUT2D eigenvalue weighted by atomic mass is 19.1. The predicted octanol–water partition coefficient (Wildman–Crippen LogP) is 2.63. The van der Waals surface area contributed by atoms with Gasteiger partial charge in [-0.1, -0.05) is 12.1 Å². The van der Waals surface area contributed by atoms with Crippen molar-refractivity contribution in [1.82, 2.24) is 9.55 Å². The first-order chi connectivity index (χ1) is 9.52. The lowest BCUT2D eigenvalue weighted by atomic mass is 10.1. The third-order valence-corrected chi connectivity index (χ3v) is 3.21. The minimum Gasteiger partial charge on any atom is -0.361 e. The molecular formula is C15H18FN3O. The lowest BCUT2D eigenvalue weighted by Gasteiger charge is -2.09. The smallest absolute Gasteiger partial charge is 0.293 e. The molecule has 20 heavy (non-hydrogen) atoms. The molecule has 2 rings (SSSR count). The van der Waals surface area contributed by atoms with E-state index in [2.05, 4.69) is 10.3 Å². The Morgan fingerprint density at radius 3 is 2.55 bits per heavy atom. The van der Waals surface area contributed by atoms with Crippen LogP contribution in [0.4, 0.5) is 10.2 Å². The number of aryl methyl sites for hydroxylation is 3. The summed E-state index contributed by atoms with van der Waals surface area (Å²) < 4.78 is 15.1. The second-order valence-electron chi connectivity index (χ2n) is 4.76. The topological polar surface area (TPSA) is 46.9 Å². The van der Waals surface area contributed by atoms with E-state index in [0.717, 1.165) is 5.56 Å². The molecule has 0 saturated heterocycles. The van der Waals surface area contributed by atoms with Crippen LogP contribution in [-0.4, -0.2) is 9.55 Å². The zero-order valence-electron chi connectivity index (χ0n) is 11.9. The van der Waals surface area contributed by atoms with Crippen molar-refractivity contribution in [2.24, 2.45) is 0 Å². The summed E-state index contributed by atoms with van der Waals surface area (Å²) in [6.45, 7) is 6.41. The van der Waals surface area contributed by atoms with Crippen molar-refractivity contribution in [2.75, 3.05) is 5.32 Å². The Morgan fingerprint density at radius 1 is 1.30 bits per heavy atom. The highest BCUT2D eigenvalue weighted by Crippen LogP contribution is 2.15. The summed E-state index contributed by atoms with van der Waals surface area (Å²) in [5.41, 5.74) is 1.99. The van der Waals surface area contributed by atoms with Crippen LogP contribution in [0.3, 0.4) is 0 Å². The molecule has 2 aromatic rings. The second kappa shape index (κ2) is 5.86. The molecule has 4 nitrogen and oxygen atoms in total. The van der Waals surface area contributed by atoms with Crippen LogP contribution in [0.15, 0.2) is 29.3 Å². The van der Waals surface area contributed by atoms with Gasteiger partial charge in [0.1, 0.15) is 5.82 Å². The standard InChI is InChI=1S/C15H18FN3O/c1-4-19-6-5-17-14(15(19)20)18-9-12-7-10(2)13(16)11(3)8-12/h5-8H,4,9H2,1-3H3,(H,17,18). The number of anilines is 1. The van der Waals surface area contributed by atoms with Gasteiger partial charge in [-0.25, -0.2) is 9.37 Å². The summed E-state index contributed by atoms with van der Waals surface area (Å²) in [4.78, 5) is 16.0. The molecule has 0 unspecified atom stereocenters. The fourth-order valence-electron chi connectivity index (χ4n) is 2.14. The molecular weight excluding hydrogens is 257 g/mol. The number of hydrogen-bond donors (Lipinski definition) is 1. The lowest BCUT2D eigenvalue weighted by Crippen LogP contribution is -2.23. The van der Waals surface area contributed by atoms with Crippen molar-refractivity contribution in [3.05, 3.63) is 57.4 Å². The van der Waals surface area contributed by atoms with Gasteiger partial charge in [0.15, 0.2) is 5.82 Å².